The monoisotopic (exact) mass is 282 g/mol. The summed E-state index contributed by atoms with van der Waals surface area (Å²) in [7, 11) is 3.16. The molecule has 0 radical (unpaired) electrons. The molecule has 0 aliphatic rings. The third-order valence-electron chi connectivity index (χ3n) is 3.21. The number of benzene rings is 2. The Bertz CT molecular complexity index is 762. The van der Waals surface area contributed by atoms with E-state index >= 15 is 0 Å². The topological polar surface area (TPSA) is 55.6 Å². The number of nitrogens with zero attached hydrogens (tertiary/aromatic N) is 2. The molecule has 0 aliphatic carbocycles. The van der Waals surface area contributed by atoms with E-state index in [9.17, 15) is 4.79 Å². The molecule has 1 amide bonds. The quantitative estimate of drug-likeness (QED) is 0.740. The van der Waals surface area contributed by atoms with Crippen molar-refractivity contribution < 1.29 is 13.9 Å². The number of hydrogen-bond acceptors (Lipinski definition) is 4. The lowest BCUT2D eigenvalue weighted by Gasteiger charge is -2.14. The van der Waals surface area contributed by atoms with Gasteiger partial charge >= 0.3 is 6.01 Å². The van der Waals surface area contributed by atoms with Gasteiger partial charge in [0.05, 0.1) is 12.7 Å². The summed E-state index contributed by atoms with van der Waals surface area (Å²) in [5.41, 5.74) is 1.82. The Kier molecular flexibility index (Phi) is 3.31. The van der Waals surface area contributed by atoms with Gasteiger partial charge in [0.15, 0.2) is 5.58 Å². The van der Waals surface area contributed by atoms with Crippen LogP contribution in [-0.2, 0) is 0 Å². The van der Waals surface area contributed by atoms with Crippen molar-refractivity contribution in [3.05, 3.63) is 54.1 Å². The summed E-state index contributed by atoms with van der Waals surface area (Å²) in [4.78, 5) is 18.2. The fraction of sp³-hybridized carbons (Fsp3) is 0.125. The van der Waals surface area contributed by atoms with E-state index in [1.165, 1.54) is 12.0 Å². The fourth-order valence-corrected chi connectivity index (χ4v) is 2.09. The highest BCUT2D eigenvalue weighted by molar-refractivity contribution is 6.06. The molecular weight excluding hydrogens is 268 g/mol. The molecule has 2 aromatic carbocycles. The maximum atomic E-state index is 12.5. The molecule has 3 aromatic rings. The molecule has 5 nitrogen and oxygen atoms in total. The van der Waals surface area contributed by atoms with E-state index in [1.807, 2.05) is 30.3 Å². The Morgan fingerprint density at radius 3 is 2.62 bits per heavy atom. The lowest BCUT2D eigenvalue weighted by Crippen LogP contribution is -2.26. The third-order valence-corrected chi connectivity index (χ3v) is 3.21. The number of aromatic nitrogens is 1. The number of methoxy groups -OCH3 is 1. The van der Waals surface area contributed by atoms with Crippen LogP contribution in [-0.4, -0.2) is 25.0 Å². The summed E-state index contributed by atoms with van der Waals surface area (Å²) < 4.78 is 10.8. The third kappa shape index (κ3) is 2.33. The largest absolute Gasteiger partial charge is 0.496 e. The van der Waals surface area contributed by atoms with Crippen LogP contribution >= 0.6 is 0 Å². The van der Waals surface area contributed by atoms with Crippen LogP contribution in [0, 0.1) is 0 Å². The van der Waals surface area contributed by atoms with Gasteiger partial charge in [0.1, 0.15) is 11.3 Å². The van der Waals surface area contributed by atoms with E-state index in [0.29, 0.717) is 22.4 Å². The van der Waals surface area contributed by atoms with Crippen LogP contribution in [0.3, 0.4) is 0 Å². The lowest BCUT2D eigenvalue weighted by atomic mass is 10.2. The predicted molar refractivity (Wildman–Crippen MR) is 79.7 cm³/mol. The number of ether oxygens (including phenoxy) is 1. The van der Waals surface area contributed by atoms with Gasteiger partial charge in [0, 0.05) is 7.05 Å². The first-order valence-corrected chi connectivity index (χ1v) is 6.47. The minimum atomic E-state index is -0.237. The van der Waals surface area contributed by atoms with Crippen LogP contribution in [0.2, 0.25) is 0 Å². The van der Waals surface area contributed by atoms with Crippen molar-refractivity contribution in [2.45, 2.75) is 0 Å². The number of carbonyl (C=O) groups excluding carboxylic acids is 1. The number of fused-ring (bicyclic) bond motifs is 1. The molecular formula is C16H14N2O3. The van der Waals surface area contributed by atoms with E-state index in [4.69, 9.17) is 9.15 Å². The second-order valence-corrected chi connectivity index (χ2v) is 4.53. The van der Waals surface area contributed by atoms with Gasteiger partial charge in [-0.3, -0.25) is 9.69 Å². The van der Waals surface area contributed by atoms with E-state index in [-0.39, 0.29) is 11.9 Å². The second-order valence-electron chi connectivity index (χ2n) is 4.53. The molecule has 1 aromatic heterocycles. The maximum Gasteiger partial charge on any atom is 0.305 e. The minimum absolute atomic E-state index is 0.237. The number of oxazole rings is 1. The van der Waals surface area contributed by atoms with Crippen LogP contribution in [0.15, 0.2) is 52.9 Å². The molecule has 0 bridgehead atoms. The first-order chi connectivity index (χ1) is 10.2. The molecule has 3 rings (SSSR count). The van der Waals surface area contributed by atoms with Crippen molar-refractivity contribution in [3.8, 4) is 5.75 Å². The Hall–Kier alpha value is -2.82. The van der Waals surface area contributed by atoms with Crippen LogP contribution < -0.4 is 9.64 Å². The number of amides is 1. The Morgan fingerprint density at radius 1 is 1.14 bits per heavy atom. The molecule has 0 spiro atoms. The summed E-state index contributed by atoms with van der Waals surface area (Å²) in [6.07, 6.45) is 0. The first-order valence-electron chi connectivity index (χ1n) is 6.47. The number of rotatable bonds is 3. The number of para-hydroxylation sites is 3. The van der Waals surface area contributed by atoms with Gasteiger partial charge in [-0.25, -0.2) is 0 Å². The van der Waals surface area contributed by atoms with E-state index < -0.39 is 0 Å². The fourth-order valence-electron chi connectivity index (χ4n) is 2.09. The molecule has 21 heavy (non-hydrogen) atoms. The average molecular weight is 282 g/mol. The van der Waals surface area contributed by atoms with Gasteiger partial charge in [0.25, 0.3) is 5.91 Å². The van der Waals surface area contributed by atoms with Crippen molar-refractivity contribution >= 4 is 23.0 Å². The van der Waals surface area contributed by atoms with Crippen molar-refractivity contribution in [2.24, 2.45) is 0 Å². The SMILES string of the molecule is COc1ccccc1C(=O)N(C)c1nc2ccccc2o1. The van der Waals surface area contributed by atoms with Crippen molar-refractivity contribution in [3.63, 3.8) is 0 Å². The van der Waals surface area contributed by atoms with Crippen LogP contribution in [0.25, 0.3) is 11.1 Å². The zero-order chi connectivity index (χ0) is 14.8. The molecule has 1 heterocycles. The number of carbonyl (C=O) groups is 1. The summed E-state index contributed by atoms with van der Waals surface area (Å²) in [5.74, 6) is 0.282. The van der Waals surface area contributed by atoms with Gasteiger partial charge in [-0.1, -0.05) is 24.3 Å². The standard InChI is InChI=1S/C16H14N2O3/c1-18(15(19)11-7-3-5-9-13(11)20-2)16-17-12-8-4-6-10-14(12)21-16/h3-10H,1-2H3. The van der Waals surface area contributed by atoms with E-state index in [2.05, 4.69) is 4.98 Å². The molecule has 0 unspecified atom stereocenters. The summed E-state index contributed by atoms with van der Waals surface area (Å²) in [6.45, 7) is 0. The molecule has 0 saturated heterocycles. The van der Waals surface area contributed by atoms with Crippen LogP contribution in [0.4, 0.5) is 6.01 Å². The molecule has 0 N–H and O–H groups in total. The zero-order valence-corrected chi connectivity index (χ0v) is 11.7. The molecule has 0 fully saturated rings. The van der Waals surface area contributed by atoms with Gasteiger partial charge < -0.3 is 9.15 Å². The highest BCUT2D eigenvalue weighted by Gasteiger charge is 2.21. The zero-order valence-electron chi connectivity index (χ0n) is 11.7. The Balaban J connectivity index is 1.97. The van der Waals surface area contributed by atoms with Crippen LogP contribution in [0.5, 0.6) is 5.75 Å². The van der Waals surface area contributed by atoms with Gasteiger partial charge in [-0.2, -0.15) is 4.98 Å². The molecule has 0 aliphatic heterocycles. The smallest absolute Gasteiger partial charge is 0.305 e. The number of anilines is 1. The predicted octanol–water partition coefficient (Wildman–Crippen LogP) is 3.11. The van der Waals surface area contributed by atoms with Crippen molar-refractivity contribution in [1.82, 2.24) is 4.98 Å². The van der Waals surface area contributed by atoms with E-state index in [0.717, 1.165) is 0 Å². The molecule has 0 saturated carbocycles. The lowest BCUT2D eigenvalue weighted by molar-refractivity contribution is 0.0985. The maximum absolute atomic E-state index is 12.5. The molecule has 106 valence electrons. The summed E-state index contributed by atoms with van der Waals surface area (Å²) >= 11 is 0. The van der Waals surface area contributed by atoms with Crippen molar-refractivity contribution in [2.75, 3.05) is 19.1 Å². The van der Waals surface area contributed by atoms with E-state index in [1.54, 1.807) is 25.2 Å². The molecule has 5 heteroatoms. The normalized spacial score (nSPS) is 10.6. The highest BCUT2D eigenvalue weighted by atomic mass is 16.5. The molecule has 0 atom stereocenters. The summed E-state index contributed by atoms with van der Waals surface area (Å²) in [6, 6.07) is 14.7. The Labute approximate surface area is 121 Å². The van der Waals surface area contributed by atoms with Gasteiger partial charge in [-0.15, -0.1) is 0 Å². The first kappa shape index (κ1) is 13.2. The van der Waals surface area contributed by atoms with Gasteiger partial charge in [0.2, 0.25) is 0 Å². The minimum Gasteiger partial charge on any atom is -0.496 e. The Morgan fingerprint density at radius 2 is 1.86 bits per heavy atom. The highest BCUT2D eigenvalue weighted by Crippen LogP contribution is 2.24. The van der Waals surface area contributed by atoms with Crippen LogP contribution in [0.1, 0.15) is 10.4 Å². The van der Waals surface area contributed by atoms with Crippen molar-refractivity contribution in [1.29, 1.82) is 0 Å². The number of hydrogen-bond donors (Lipinski definition) is 0. The average Bonchev–Trinajstić information content (AvgIpc) is 2.97. The van der Waals surface area contributed by atoms with Gasteiger partial charge in [-0.05, 0) is 24.3 Å². The second kappa shape index (κ2) is 5.28. The summed E-state index contributed by atoms with van der Waals surface area (Å²) in [5, 5.41) is 0.